The van der Waals surface area contributed by atoms with E-state index in [1.54, 1.807) is 11.4 Å². The molecular formula is C11H14BrNO2S2. The van der Waals surface area contributed by atoms with E-state index in [0.717, 1.165) is 19.3 Å². The standard InChI is InChI=1S/C11H14BrNO2S2/c12-10-6-8-16-11(10)17(14,15)13-7-5-9-3-1-2-4-9/h3,6,8,13H,1-2,4-5,7H2. The molecule has 1 aliphatic rings. The van der Waals surface area contributed by atoms with Gasteiger partial charge in [0.05, 0.1) is 0 Å². The lowest BCUT2D eigenvalue weighted by atomic mass is 10.2. The van der Waals surface area contributed by atoms with Gasteiger partial charge in [-0.05, 0) is 53.1 Å². The Morgan fingerprint density at radius 3 is 2.88 bits per heavy atom. The summed E-state index contributed by atoms with van der Waals surface area (Å²) in [4.78, 5) is 0. The van der Waals surface area contributed by atoms with Crippen molar-refractivity contribution >= 4 is 37.3 Å². The van der Waals surface area contributed by atoms with Crippen molar-refractivity contribution in [2.75, 3.05) is 6.54 Å². The highest BCUT2D eigenvalue weighted by Gasteiger charge is 2.18. The Morgan fingerprint density at radius 1 is 1.47 bits per heavy atom. The van der Waals surface area contributed by atoms with E-state index in [0.29, 0.717) is 15.2 Å². The zero-order chi connectivity index (χ0) is 12.3. The van der Waals surface area contributed by atoms with Crippen LogP contribution in [0.15, 0.2) is 31.8 Å². The van der Waals surface area contributed by atoms with E-state index in [1.165, 1.54) is 23.3 Å². The number of hydrogen-bond acceptors (Lipinski definition) is 3. The summed E-state index contributed by atoms with van der Waals surface area (Å²) in [6.45, 7) is 0.485. The first-order valence-electron chi connectivity index (χ1n) is 5.50. The number of nitrogens with one attached hydrogen (secondary N) is 1. The summed E-state index contributed by atoms with van der Waals surface area (Å²) in [7, 11) is -3.34. The molecule has 0 radical (unpaired) electrons. The highest BCUT2D eigenvalue weighted by molar-refractivity contribution is 9.10. The largest absolute Gasteiger partial charge is 0.251 e. The first kappa shape index (κ1) is 13.3. The first-order chi connectivity index (χ1) is 8.09. The van der Waals surface area contributed by atoms with Gasteiger partial charge in [0.1, 0.15) is 4.21 Å². The fourth-order valence-electron chi connectivity index (χ4n) is 1.85. The van der Waals surface area contributed by atoms with E-state index in [1.807, 2.05) is 0 Å². The maximum atomic E-state index is 11.9. The van der Waals surface area contributed by atoms with Crippen LogP contribution in [0.4, 0.5) is 0 Å². The molecule has 0 atom stereocenters. The Labute approximate surface area is 114 Å². The topological polar surface area (TPSA) is 46.2 Å². The van der Waals surface area contributed by atoms with Crippen LogP contribution >= 0.6 is 27.3 Å². The molecule has 0 amide bonds. The molecule has 0 saturated heterocycles. The molecule has 0 aromatic carbocycles. The van der Waals surface area contributed by atoms with Crippen LogP contribution in [-0.2, 0) is 10.0 Å². The second-order valence-corrected chi connectivity index (χ2v) is 7.69. The van der Waals surface area contributed by atoms with Gasteiger partial charge in [-0.2, -0.15) is 0 Å². The predicted octanol–water partition coefficient (Wildman–Crippen LogP) is 3.29. The molecule has 17 heavy (non-hydrogen) atoms. The van der Waals surface area contributed by atoms with Gasteiger partial charge in [-0.15, -0.1) is 11.3 Å². The molecule has 94 valence electrons. The van der Waals surface area contributed by atoms with Crippen molar-refractivity contribution in [3.63, 3.8) is 0 Å². The number of rotatable bonds is 5. The van der Waals surface area contributed by atoms with Crippen molar-refractivity contribution in [2.45, 2.75) is 29.9 Å². The number of hydrogen-bond donors (Lipinski definition) is 1. The Hall–Kier alpha value is -0.170. The van der Waals surface area contributed by atoms with Crippen LogP contribution in [0.5, 0.6) is 0 Å². The van der Waals surface area contributed by atoms with Crippen LogP contribution in [0.2, 0.25) is 0 Å². The van der Waals surface area contributed by atoms with Gasteiger partial charge in [0.2, 0.25) is 0 Å². The molecule has 1 heterocycles. The lowest BCUT2D eigenvalue weighted by molar-refractivity contribution is 0.583. The van der Waals surface area contributed by atoms with Crippen molar-refractivity contribution in [1.29, 1.82) is 0 Å². The Balaban J connectivity index is 1.92. The minimum atomic E-state index is -3.34. The molecular weight excluding hydrogens is 322 g/mol. The number of thiophene rings is 1. The summed E-state index contributed by atoms with van der Waals surface area (Å²) >= 11 is 4.47. The molecule has 1 aliphatic carbocycles. The average molecular weight is 336 g/mol. The van der Waals surface area contributed by atoms with Crippen molar-refractivity contribution in [2.24, 2.45) is 0 Å². The van der Waals surface area contributed by atoms with Crippen molar-refractivity contribution in [3.8, 4) is 0 Å². The van der Waals surface area contributed by atoms with Gasteiger partial charge in [-0.3, -0.25) is 0 Å². The molecule has 1 aromatic heterocycles. The number of allylic oxidation sites excluding steroid dienone is 1. The molecule has 0 fully saturated rings. The van der Waals surface area contributed by atoms with Gasteiger partial charge in [0.15, 0.2) is 0 Å². The fourth-order valence-corrected chi connectivity index (χ4v) is 5.26. The van der Waals surface area contributed by atoms with Crippen LogP contribution in [0.25, 0.3) is 0 Å². The third-order valence-electron chi connectivity index (χ3n) is 2.70. The summed E-state index contributed by atoms with van der Waals surface area (Å²) in [5.74, 6) is 0. The van der Waals surface area contributed by atoms with Gasteiger partial charge in [0, 0.05) is 11.0 Å². The van der Waals surface area contributed by atoms with Crippen LogP contribution in [0.1, 0.15) is 25.7 Å². The van der Waals surface area contributed by atoms with Gasteiger partial charge in [-0.1, -0.05) is 11.6 Å². The molecule has 3 nitrogen and oxygen atoms in total. The van der Waals surface area contributed by atoms with Crippen LogP contribution in [-0.4, -0.2) is 15.0 Å². The van der Waals surface area contributed by atoms with Crippen LogP contribution in [0, 0.1) is 0 Å². The number of sulfonamides is 1. The molecule has 0 spiro atoms. The van der Waals surface area contributed by atoms with Crippen LogP contribution in [0.3, 0.4) is 0 Å². The highest BCUT2D eigenvalue weighted by Crippen LogP contribution is 2.27. The van der Waals surface area contributed by atoms with E-state index < -0.39 is 10.0 Å². The van der Waals surface area contributed by atoms with Gasteiger partial charge < -0.3 is 0 Å². The summed E-state index contributed by atoms with van der Waals surface area (Å²) < 4.78 is 27.5. The lowest BCUT2D eigenvalue weighted by Crippen LogP contribution is -2.24. The van der Waals surface area contributed by atoms with Crippen molar-refractivity contribution < 1.29 is 8.42 Å². The third-order valence-corrected chi connectivity index (χ3v) is 6.83. The monoisotopic (exact) mass is 335 g/mol. The molecule has 2 rings (SSSR count). The maximum Gasteiger partial charge on any atom is 0.251 e. The van der Waals surface area contributed by atoms with E-state index >= 15 is 0 Å². The summed E-state index contributed by atoms with van der Waals surface area (Å²) in [5.41, 5.74) is 1.37. The minimum absolute atomic E-state index is 0.359. The van der Waals surface area contributed by atoms with Gasteiger partial charge in [0.25, 0.3) is 10.0 Å². The molecule has 0 bridgehead atoms. The average Bonchev–Trinajstić information content (AvgIpc) is 2.88. The maximum absolute atomic E-state index is 11.9. The van der Waals surface area contributed by atoms with E-state index in [-0.39, 0.29) is 0 Å². The lowest BCUT2D eigenvalue weighted by Gasteiger charge is -2.06. The molecule has 1 aromatic rings. The molecule has 0 aliphatic heterocycles. The third kappa shape index (κ3) is 3.40. The summed E-state index contributed by atoms with van der Waals surface area (Å²) in [5, 5.41) is 1.76. The van der Waals surface area contributed by atoms with E-state index in [4.69, 9.17) is 0 Å². The molecule has 0 unspecified atom stereocenters. The summed E-state index contributed by atoms with van der Waals surface area (Å²) in [6, 6.07) is 1.75. The zero-order valence-corrected chi connectivity index (χ0v) is 12.5. The van der Waals surface area contributed by atoms with Gasteiger partial charge >= 0.3 is 0 Å². The second kappa shape index (κ2) is 5.65. The van der Waals surface area contributed by atoms with Gasteiger partial charge in [-0.25, -0.2) is 13.1 Å². The zero-order valence-electron chi connectivity index (χ0n) is 9.28. The van der Waals surface area contributed by atoms with E-state index in [9.17, 15) is 8.42 Å². The Kier molecular flexibility index (Phi) is 4.41. The molecule has 0 saturated carbocycles. The Bertz CT molecular complexity index is 519. The highest BCUT2D eigenvalue weighted by atomic mass is 79.9. The summed E-state index contributed by atoms with van der Waals surface area (Å²) in [6.07, 6.45) is 6.50. The predicted molar refractivity (Wildman–Crippen MR) is 73.8 cm³/mol. The van der Waals surface area contributed by atoms with E-state index in [2.05, 4.69) is 26.7 Å². The fraction of sp³-hybridized carbons (Fsp3) is 0.455. The van der Waals surface area contributed by atoms with Crippen LogP contribution < -0.4 is 4.72 Å². The normalized spacial score (nSPS) is 16.2. The second-order valence-electron chi connectivity index (χ2n) is 3.96. The molecule has 6 heteroatoms. The smallest absolute Gasteiger partial charge is 0.210 e. The molecule has 1 N–H and O–H groups in total. The van der Waals surface area contributed by atoms with Crippen molar-refractivity contribution in [1.82, 2.24) is 4.72 Å². The Morgan fingerprint density at radius 2 is 2.29 bits per heavy atom. The quantitative estimate of drug-likeness (QED) is 0.839. The minimum Gasteiger partial charge on any atom is -0.210 e. The first-order valence-corrected chi connectivity index (χ1v) is 8.66. The SMILES string of the molecule is O=S(=O)(NCCC1=CCCC1)c1sccc1Br. The van der Waals surface area contributed by atoms with Crippen molar-refractivity contribution in [3.05, 3.63) is 27.6 Å². The number of halogens is 1.